The highest BCUT2D eigenvalue weighted by Crippen LogP contribution is 2.37. The summed E-state index contributed by atoms with van der Waals surface area (Å²) in [6, 6.07) is 4.14. The molecule has 0 spiro atoms. The van der Waals surface area contributed by atoms with Crippen molar-refractivity contribution in [3.05, 3.63) is 22.2 Å². The molecule has 3 nitrogen and oxygen atoms in total. The van der Waals surface area contributed by atoms with Gasteiger partial charge in [0.05, 0.1) is 17.2 Å². The van der Waals surface area contributed by atoms with Gasteiger partial charge in [-0.1, -0.05) is 13.8 Å². The van der Waals surface area contributed by atoms with E-state index in [0.29, 0.717) is 6.61 Å². The van der Waals surface area contributed by atoms with E-state index in [1.807, 2.05) is 6.92 Å². The van der Waals surface area contributed by atoms with Crippen molar-refractivity contribution in [3.63, 3.8) is 0 Å². The van der Waals surface area contributed by atoms with Crippen LogP contribution in [0.3, 0.4) is 0 Å². The zero-order chi connectivity index (χ0) is 14.3. The molecule has 0 radical (unpaired) electrons. The van der Waals surface area contributed by atoms with Crippen LogP contribution in [0.4, 0.5) is 0 Å². The number of ether oxygens (including phenoxy) is 2. The Kier molecular flexibility index (Phi) is 7.24. The zero-order valence-corrected chi connectivity index (χ0v) is 13.8. The maximum absolute atomic E-state index is 5.95. The van der Waals surface area contributed by atoms with Gasteiger partial charge in [0, 0.05) is 6.54 Å². The van der Waals surface area contributed by atoms with Gasteiger partial charge in [0.1, 0.15) is 0 Å². The van der Waals surface area contributed by atoms with Gasteiger partial charge in [0.2, 0.25) is 0 Å². The second-order valence-electron chi connectivity index (χ2n) is 4.45. The van der Waals surface area contributed by atoms with E-state index in [9.17, 15) is 0 Å². The first-order valence-corrected chi connectivity index (χ1v) is 7.74. The molecule has 0 bridgehead atoms. The Hall–Kier alpha value is -0.740. The number of hydrogen-bond acceptors (Lipinski definition) is 3. The summed E-state index contributed by atoms with van der Waals surface area (Å²) < 4.78 is 12.6. The first kappa shape index (κ1) is 16.3. The van der Waals surface area contributed by atoms with Crippen LogP contribution < -0.4 is 14.8 Å². The van der Waals surface area contributed by atoms with Crippen molar-refractivity contribution >= 4 is 15.9 Å². The van der Waals surface area contributed by atoms with E-state index in [-0.39, 0.29) is 6.10 Å². The fourth-order valence-corrected chi connectivity index (χ4v) is 2.24. The minimum atomic E-state index is 0.176. The summed E-state index contributed by atoms with van der Waals surface area (Å²) in [6.07, 6.45) is 1.15. The van der Waals surface area contributed by atoms with E-state index < -0.39 is 0 Å². The summed E-state index contributed by atoms with van der Waals surface area (Å²) in [4.78, 5) is 0. The van der Waals surface area contributed by atoms with Gasteiger partial charge in [-0.15, -0.1) is 0 Å². The topological polar surface area (TPSA) is 30.5 Å². The van der Waals surface area contributed by atoms with Crippen LogP contribution >= 0.6 is 15.9 Å². The first-order chi connectivity index (χ1) is 9.12. The Morgan fingerprint density at radius 3 is 2.58 bits per heavy atom. The van der Waals surface area contributed by atoms with Crippen molar-refractivity contribution in [2.24, 2.45) is 0 Å². The minimum absolute atomic E-state index is 0.176. The van der Waals surface area contributed by atoms with Gasteiger partial charge >= 0.3 is 0 Å². The molecule has 1 N–H and O–H groups in total. The van der Waals surface area contributed by atoms with Crippen LogP contribution in [0.2, 0.25) is 0 Å². The largest absolute Gasteiger partial charge is 0.490 e. The SMILES string of the molecule is CCNCc1cc(Br)c(OC(C)CC)c(OCC)c1. The highest BCUT2D eigenvalue weighted by molar-refractivity contribution is 9.10. The second kappa shape index (κ2) is 8.43. The van der Waals surface area contributed by atoms with Crippen molar-refractivity contribution in [1.29, 1.82) is 0 Å². The van der Waals surface area contributed by atoms with Crippen LogP contribution in [0.5, 0.6) is 11.5 Å². The predicted octanol–water partition coefficient (Wildman–Crippen LogP) is 4.13. The summed E-state index contributed by atoms with van der Waals surface area (Å²) >= 11 is 3.58. The van der Waals surface area contributed by atoms with Crippen LogP contribution in [0, 0.1) is 0 Å². The number of benzene rings is 1. The number of hydrogen-bond donors (Lipinski definition) is 1. The number of rotatable bonds is 8. The molecule has 0 amide bonds. The van der Waals surface area contributed by atoms with E-state index in [0.717, 1.165) is 35.5 Å². The van der Waals surface area contributed by atoms with Gasteiger partial charge in [-0.25, -0.2) is 0 Å². The molecule has 4 heteroatoms. The quantitative estimate of drug-likeness (QED) is 0.777. The van der Waals surface area contributed by atoms with Crippen molar-refractivity contribution in [3.8, 4) is 11.5 Å². The lowest BCUT2D eigenvalue weighted by Crippen LogP contribution is -2.14. The molecule has 0 aliphatic carbocycles. The minimum Gasteiger partial charge on any atom is -0.490 e. The Morgan fingerprint density at radius 2 is 2.00 bits per heavy atom. The molecule has 0 saturated carbocycles. The van der Waals surface area contributed by atoms with Crippen LogP contribution in [0.15, 0.2) is 16.6 Å². The van der Waals surface area contributed by atoms with Crippen molar-refractivity contribution in [2.45, 2.75) is 46.8 Å². The van der Waals surface area contributed by atoms with E-state index >= 15 is 0 Å². The predicted molar refractivity (Wildman–Crippen MR) is 83.1 cm³/mol. The Morgan fingerprint density at radius 1 is 1.26 bits per heavy atom. The van der Waals surface area contributed by atoms with E-state index in [1.54, 1.807) is 0 Å². The lowest BCUT2D eigenvalue weighted by atomic mass is 10.2. The van der Waals surface area contributed by atoms with Crippen LogP contribution in [-0.4, -0.2) is 19.3 Å². The monoisotopic (exact) mass is 329 g/mol. The highest BCUT2D eigenvalue weighted by Gasteiger charge is 2.14. The van der Waals surface area contributed by atoms with Crippen LogP contribution in [0.25, 0.3) is 0 Å². The normalized spacial score (nSPS) is 12.3. The highest BCUT2D eigenvalue weighted by atomic mass is 79.9. The molecule has 1 unspecified atom stereocenters. The van der Waals surface area contributed by atoms with Crippen molar-refractivity contribution < 1.29 is 9.47 Å². The third kappa shape index (κ3) is 5.03. The lowest BCUT2D eigenvalue weighted by Gasteiger charge is -2.19. The van der Waals surface area contributed by atoms with Gasteiger partial charge in [-0.2, -0.15) is 0 Å². The first-order valence-electron chi connectivity index (χ1n) is 6.94. The maximum Gasteiger partial charge on any atom is 0.175 e. The molecule has 1 atom stereocenters. The fourth-order valence-electron chi connectivity index (χ4n) is 1.65. The summed E-state index contributed by atoms with van der Waals surface area (Å²) in [7, 11) is 0. The molecule has 1 aromatic carbocycles. The lowest BCUT2D eigenvalue weighted by molar-refractivity contribution is 0.201. The van der Waals surface area contributed by atoms with Gasteiger partial charge in [0.25, 0.3) is 0 Å². The van der Waals surface area contributed by atoms with Crippen LogP contribution in [0.1, 0.15) is 39.7 Å². The third-order valence-electron chi connectivity index (χ3n) is 2.84. The summed E-state index contributed by atoms with van der Waals surface area (Å²) in [6.45, 7) is 10.7. The average molecular weight is 330 g/mol. The Bertz CT molecular complexity index is 396. The second-order valence-corrected chi connectivity index (χ2v) is 5.31. The number of halogens is 1. The van der Waals surface area contributed by atoms with Crippen molar-refractivity contribution in [1.82, 2.24) is 5.32 Å². The van der Waals surface area contributed by atoms with Gasteiger partial charge < -0.3 is 14.8 Å². The number of nitrogens with one attached hydrogen (secondary N) is 1. The Labute approximate surface area is 124 Å². The van der Waals surface area contributed by atoms with E-state index in [2.05, 4.69) is 54.2 Å². The molecule has 19 heavy (non-hydrogen) atoms. The fraction of sp³-hybridized carbons (Fsp3) is 0.600. The standard InChI is InChI=1S/C15H24BrNO2/c1-5-11(4)19-15-13(16)8-12(10-17-6-2)9-14(15)18-7-3/h8-9,11,17H,5-7,10H2,1-4H3. The smallest absolute Gasteiger partial charge is 0.175 e. The van der Waals surface area contributed by atoms with E-state index in [4.69, 9.17) is 9.47 Å². The third-order valence-corrected chi connectivity index (χ3v) is 3.43. The molecule has 0 aromatic heterocycles. The van der Waals surface area contributed by atoms with E-state index in [1.165, 1.54) is 5.56 Å². The molecular weight excluding hydrogens is 306 g/mol. The van der Waals surface area contributed by atoms with Gasteiger partial charge in [0.15, 0.2) is 11.5 Å². The van der Waals surface area contributed by atoms with Gasteiger partial charge in [-0.05, 0) is 60.4 Å². The molecule has 108 valence electrons. The molecule has 1 aromatic rings. The average Bonchev–Trinajstić information content (AvgIpc) is 2.40. The molecule has 0 fully saturated rings. The van der Waals surface area contributed by atoms with Gasteiger partial charge in [-0.3, -0.25) is 0 Å². The maximum atomic E-state index is 5.95. The summed E-state index contributed by atoms with van der Waals surface area (Å²) in [5.74, 6) is 1.61. The Balaban J connectivity index is 3.00. The van der Waals surface area contributed by atoms with Crippen molar-refractivity contribution in [2.75, 3.05) is 13.2 Å². The summed E-state index contributed by atoms with van der Waals surface area (Å²) in [5, 5.41) is 3.32. The molecule has 0 aliphatic rings. The molecule has 0 aliphatic heterocycles. The zero-order valence-electron chi connectivity index (χ0n) is 12.3. The summed E-state index contributed by atoms with van der Waals surface area (Å²) in [5.41, 5.74) is 1.19. The molecule has 1 rings (SSSR count). The molecule has 0 saturated heterocycles. The molecule has 0 heterocycles. The van der Waals surface area contributed by atoms with Crippen LogP contribution in [-0.2, 0) is 6.54 Å². The molecular formula is C15H24BrNO2.